The van der Waals surface area contributed by atoms with Gasteiger partial charge in [0, 0.05) is 13.0 Å². The molecule has 0 aliphatic heterocycles. The molecule has 0 aromatic heterocycles. The van der Waals surface area contributed by atoms with Gasteiger partial charge in [-0.05, 0) is 6.92 Å². The Kier molecular flexibility index (Phi) is 5.39. The Morgan fingerprint density at radius 1 is 0.944 bits per heavy atom. The third kappa shape index (κ3) is 4.26. The predicted molar refractivity (Wildman–Crippen MR) is 71.2 cm³/mol. The Hall–Kier alpha value is -1.16. The van der Waals surface area contributed by atoms with E-state index < -0.39 is 0 Å². The maximum absolute atomic E-state index is 5.80. The van der Waals surface area contributed by atoms with Crippen molar-refractivity contribution in [2.24, 2.45) is 0 Å². The lowest BCUT2D eigenvalue weighted by Gasteiger charge is -2.20. The summed E-state index contributed by atoms with van der Waals surface area (Å²) in [5.74, 6) is 0. The van der Waals surface area contributed by atoms with Crippen molar-refractivity contribution in [3.63, 3.8) is 0 Å². The van der Waals surface area contributed by atoms with Gasteiger partial charge in [0.1, 0.15) is 0 Å². The largest absolute Gasteiger partial charge is 0.370 e. The Morgan fingerprint density at radius 2 is 1.56 bits per heavy atom. The van der Waals surface area contributed by atoms with E-state index in [0.717, 1.165) is 6.42 Å². The highest BCUT2D eigenvalue weighted by atomic mass is 16.7. The first kappa shape index (κ1) is 13.3. The van der Waals surface area contributed by atoms with Crippen molar-refractivity contribution in [1.82, 2.24) is 0 Å². The molecule has 0 N–H and O–H groups in total. The van der Waals surface area contributed by atoms with Gasteiger partial charge in [0.15, 0.2) is 6.29 Å². The second kappa shape index (κ2) is 7.31. The molecule has 3 heteroatoms. The van der Waals surface area contributed by atoms with Gasteiger partial charge in [-0.15, -0.1) is 0 Å². The lowest BCUT2D eigenvalue weighted by atomic mass is 10.3. The summed E-state index contributed by atoms with van der Waals surface area (Å²) in [6.45, 7) is 3.25. The highest BCUT2D eigenvalue weighted by molar-refractivity contribution is 5.19. The van der Waals surface area contributed by atoms with E-state index in [0.29, 0.717) is 13.2 Å². The van der Waals surface area contributed by atoms with Crippen LogP contribution in [0.5, 0.6) is 0 Å². The van der Waals surface area contributed by atoms with Crippen LogP contribution < -0.4 is 0 Å². The standard InChI is InChI=1S/C15H20O3/c1-2-16-15(18-14-9-5-6-10-14)11-12-17-13-7-3-4-8-13/h3-10,13-15H,2,11-12H2,1H3. The monoisotopic (exact) mass is 248 g/mol. The van der Waals surface area contributed by atoms with Crippen molar-refractivity contribution in [3.05, 3.63) is 48.6 Å². The van der Waals surface area contributed by atoms with Crippen LogP contribution in [-0.2, 0) is 14.2 Å². The molecule has 2 aliphatic carbocycles. The third-order valence-electron chi connectivity index (χ3n) is 2.75. The summed E-state index contributed by atoms with van der Waals surface area (Å²) in [6.07, 6.45) is 16.7. The number of rotatable bonds is 8. The SMILES string of the molecule is CCOC(CCOC1C=CC=C1)OC1C=CC=C1. The lowest BCUT2D eigenvalue weighted by Crippen LogP contribution is -2.24. The predicted octanol–water partition coefficient (Wildman–Crippen LogP) is 2.76. The van der Waals surface area contributed by atoms with Crippen LogP contribution in [0.1, 0.15) is 13.3 Å². The fourth-order valence-electron chi connectivity index (χ4n) is 1.88. The van der Waals surface area contributed by atoms with Gasteiger partial charge in [0.2, 0.25) is 0 Å². The first-order chi connectivity index (χ1) is 8.88. The number of allylic oxidation sites excluding steroid dienone is 4. The van der Waals surface area contributed by atoms with Gasteiger partial charge in [-0.3, -0.25) is 0 Å². The van der Waals surface area contributed by atoms with Gasteiger partial charge in [0.25, 0.3) is 0 Å². The number of hydrogen-bond acceptors (Lipinski definition) is 3. The highest BCUT2D eigenvalue weighted by Gasteiger charge is 2.15. The minimum atomic E-state index is -0.207. The molecule has 0 amide bonds. The van der Waals surface area contributed by atoms with Crippen molar-refractivity contribution in [2.75, 3.05) is 13.2 Å². The molecule has 2 aliphatic rings. The van der Waals surface area contributed by atoms with E-state index in [2.05, 4.69) is 0 Å². The van der Waals surface area contributed by atoms with Crippen molar-refractivity contribution in [3.8, 4) is 0 Å². The zero-order valence-electron chi connectivity index (χ0n) is 10.7. The quantitative estimate of drug-likeness (QED) is 0.618. The molecular weight excluding hydrogens is 228 g/mol. The maximum atomic E-state index is 5.80. The zero-order chi connectivity index (χ0) is 12.6. The molecule has 0 radical (unpaired) electrons. The van der Waals surface area contributed by atoms with Crippen LogP contribution in [0.3, 0.4) is 0 Å². The first-order valence-electron chi connectivity index (χ1n) is 6.47. The van der Waals surface area contributed by atoms with Crippen LogP contribution in [0.25, 0.3) is 0 Å². The molecule has 0 spiro atoms. The van der Waals surface area contributed by atoms with Crippen molar-refractivity contribution < 1.29 is 14.2 Å². The molecule has 18 heavy (non-hydrogen) atoms. The zero-order valence-corrected chi connectivity index (χ0v) is 10.7. The van der Waals surface area contributed by atoms with E-state index >= 15 is 0 Å². The normalized spacial score (nSPS) is 20.3. The van der Waals surface area contributed by atoms with Crippen LogP contribution in [0, 0.1) is 0 Å². The molecule has 98 valence electrons. The second-order valence-electron chi connectivity index (χ2n) is 4.15. The van der Waals surface area contributed by atoms with Crippen LogP contribution in [0.15, 0.2) is 48.6 Å². The minimum Gasteiger partial charge on any atom is -0.370 e. The van der Waals surface area contributed by atoms with Crippen LogP contribution >= 0.6 is 0 Å². The summed E-state index contributed by atoms with van der Waals surface area (Å²) in [5.41, 5.74) is 0. The van der Waals surface area contributed by atoms with Gasteiger partial charge in [-0.1, -0.05) is 48.6 Å². The number of ether oxygens (including phenoxy) is 3. The summed E-state index contributed by atoms with van der Waals surface area (Å²) in [7, 11) is 0. The Labute approximate surface area is 108 Å². The highest BCUT2D eigenvalue weighted by Crippen LogP contribution is 2.13. The van der Waals surface area contributed by atoms with Crippen LogP contribution in [0.2, 0.25) is 0 Å². The molecule has 0 saturated carbocycles. The van der Waals surface area contributed by atoms with E-state index in [1.54, 1.807) is 0 Å². The summed E-state index contributed by atoms with van der Waals surface area (Å²) in [4.78, 5) is 0. The Bertz CT molecular complexity index is 331. The molecular formula is C15H20O3. The molecule has 3 nitrogen and oxygen atoms in total. The molecule has 0 fully saturated rings. The molecule has 0 heterocycles. The van der Waals surface area contributed by atoms with Gasteiger partial charge >= 0.3 is 0 Å². The molecule has 0 bridgehead atoms. The molecule has 0 aromatic carbocycles. The van der Waals surface area contributed by atoms with E-state index in [1.807, 2.05) is 55.5 Å². The molecule has 1 unspecified atom stereocenters. The molecule has 2 rings (SSSR count). The molecule has 1 atom stereocenters. The second-order valence-corrected chi connectivity index (χ2v) is 4.15. The van der Waals surface area contributed by atoms with Gasteiger partial charge in [0.05, 0.1) is 18.8 Å². The fourth-order valence-corrected chi connectivity index (χ4v) is 1.88. The fraction of sp³-hybridized carbons (Fsp3) is 0.467. The summed E-state index contributed by atoms with van der Waals surface area (Å²) in [5, 5.41) is 0. The summed E-state index contributed by atoms with van der Waals surface area (Å²) >= 11 is 0. The van der Waals surface area contributed by atoms with Crippen molar-refractivity contribution >= 4 is 0 Å². The number of hydrogen-bond donors (Lipinski definition) is 0. The molecule has 0 saturated heterocycles. The van der Waals surface area contributed by atoms with E-state index in [1.165, 1.54) is 0 Å². The lowest BCUT2D eigenvalue weighted by molar-refractivity contribution is -0.157. The maximum Gasteiger partial charge on any atom is 0.160 e. The Balaban J connectivity index is 1.68. The van der Waals surface area contributed by atoms with E-state index in [-0.39, 0.29) is 18.5 Å². The minimum absolute atomic E-state index is 0.0350. The summed E-state index contributed by atoms with van der Waals surface area (Å²) in [6, 6.07) is 0. The topological polar surface area (TPSA) is 27.7 Å². The van der Waals surface area contributed by atoms with Crippen molar-refractivity contribution in [2.45, 2.75) is 31.8 Å². The Morgan fingerprint density at radius 3 is 2.17 bits per heavy atom. The third-order valence-corrected chi connectivity index (χ3v) is 2.75. The van der Waals surface area contributed by atoms with Gasteiger partial charge < -0.3 is 14.2 Å². The van der Waals surface area contributed by atoms with Crippen LogP contribution in [0.4, 0.5) is 0 Å². The average molecular weight is 248 g/mol. The van der Waals surface area contributed by atoms with Crippen LogP contribution in [-0.4, -0.2) is 31.7 Å². The van der Waals surface area contributed by atoms with Gasteiger partial charge in [-0.2, -0.15) is 0 Å². The molecule has 0 aromatic rings. The smallest absolute Gasteiger partial charge is 0.160 e. The summed E-state index contributed by atoms with van der Waals surface area (Å²) < 4.78 is 17.0. The first-order valence-corrected chi connectivity index (χ1v) is 6.47. The van der Waals surface area contributed by atoms with Gasteiger partial charge in [-0.25, -0.2) is 0 Å². The average Bonchev–Trinajstić information content (AvgIpc) is 3.02. The van der Waals surface area contributed by atoms with Crippen molar-refractivity contribution in [1.29, 1.82) is 0 Å². The van der Waals surface area contributed by atoms with E-state index in [9.17, 15) is 0 Å². The van der Waals surface area contributed by atoms with E-state index in [4.69, 9.17) is 14.2 Å².